The monoisotopic (exact) mass is 511 g/mol. The molecule has 0 atom stereocenters. The molecule has 5 N–H and O–H groups in total. The molecule has 1 aliphatic rings. The zero-order valence-electron chi connectivity index (χ0n) is 21.1. The van der Waals surface area contributed by atoms with Gasteiger partial charge in [-0.1, -0.05) is 42.5 Å². The van der Waals surface area contributed by atoms with E-state index in [4.69, 9.17) is 4.99 Å². The largest absolute Gasteiger partial charge is 0.494 e. The molecule has 38 heavy (non-hydrogen) atoms. The number of likely N-dealkylation sites (N-methyl/N-ethyl adjacent to an activating group) is 1. The van der Waals surface area contributed by atoms with Crippen molar-refractivity contribution in [2.75, 3.05) is 45.1 Å². The molecule has 0 radical (unpaired) electrons. The van der Waals surface area contributed by atoms with E-state index >= 15 is 0 Å². The molecule has 10 heteroatoms. The zero-order valence-corrected chi connectivity index (χ0v) is 21.1. The first-order chi connectivity index (χ1) is 18.4. The third-order valence-electron chi connectivity index (χ3n) is 6.74. The van der Waals surface area contributed by atoms with Crippen LogP contribution in [0.5, 0.6) is 5.88 Å². The number of nitrogens with zero attached hydrogens (tertiary/aromatic N) is 3. The van der Waals surface area contributed by atoms with Crippen LogP contribution in [0, 0.1) is 0 Å². The van der Waals surface area contributed by atoms with Gasteiger partial charge in [0.2, 0.25) is 5.91 Å². The number of H-pyrrole nitrogens is 1. The van der Waals surface area contributed by atoms with Gasteiger partial charge in [0, 0.05) is 48.3 Å². The lowest BCUT2D eigenvalue weighted by molar-refractivity contribution is -0.117. The van der Waals surface area contributed by atoms with Crippen molar-refractivity contribution in [3.8, 4) is 5.88 Å². The molecule has 3 aromatic carbocycles. The first kappa shape index (κ1) is 25.7. The van der Waals surface area contributed by atoms with Crippen LogP contribution in [-0.2, 0) is 4.79 Å². The molecule has 1 aliphatic heterocycles. The maximum atomic E-state index is 12.5. The second kappa shape index (κ2) is 11.2. The van der Waals surface area contributed by atoms with Crippen LogP contribution in [0.1, 0.15) is 11.1 Å². The molecule has 0 spiro atoms. The van der Waals surface area contributed by atoms with E-state index in [1.807, 2.05) is 54.6 Å². The van der Waals surface area contributed by atoms with Crippen molar-refractivity contribution < 1.29 is 19.9 Å². The van der Waals surface area contributed by atoms with Crippen molar-refractivity contribution in [1.29, 1.82) is 0 Å². The SMILES string of the molecule is CN1CCN(CC(=O)Nc2ccc(N=C(c3ccccc3)c3c(O)[nH]c4cc(B(O)O)ccc34)cc2)CC1. The molecule has 1 saturated heterocycles. The summed E-state index contributed by atoms with van der Waals surface area (Å²) in [7, 11) is 0.471. The van der Waals surface area contributed by atoms with Gasteiger partial charge in [0.1, 0.15) is 0 Å². The number of carbonyl (C=O) groups excluding carboxylic acids is 1. The van der Waals surface area contributed by atoms with Crippen molar-refractivity contribution in [3.63, 3.8) is 0 Å². The van der Waals surface area contributed by atoms with E-state index in [1.54, 1.807) is 18.2 Å². The number of aromatic hydroxyl groups is 1. The third kappa shape index (κ3) is 5.79. The molecule has 5 rings (SSSR count). The Morgan fingerprint density at radius 2 is 1.71 bits per heavy atom. The molecule has 1 amide bonds. The van der Waals surface area contributed by atoms with Crippen LogP contribution in [0.15, 0.2) is 77.8 Å². The normalized spacial score (nSPS) is 15.1. The van der Waals surface area contributed by atoms with E-state index in [-0.39, 0.29) is 11.8 Å². The lowest BCUT2D eigenvalue weighted by atomic mass is 9.80. The van der Waals surface area contributed by atoms with Gasteiger partial charge in [-0.15, -0.1) is 0 Å². The van der Waals surface area contributed by atoms with Crippen molar-refractivity contribution in [2.45, 2.75) is 0 Å². The minimum absolute atomic E-state index is 0.0492. The van der Waals surface area contributed by atoms with E-state index in [9.17, 15) is 19.9 Å². The topological polar surface area (TPSA) is 124 Å². The Morgan fingerprint density at radius 1 is 1.00 bits per heavy atom. The van der Waals surface area contributed by atoms with Crippen LogP contribution < -0.4 is 10.8 Å². The maximum Gasteiger partial charge on any atom is 0.488 e. The zero-order chi connectivity index (χ0) is 26.6. The molecule has 1 fully saturated rings. The molecule has 194 valence electrons. The van der Waals surface area contributed by atoms with Crippen LogP contribution in [0.3, 0.4) is 0 Å². The number of hydrogen-bond acceptors (Lipinski definition) is 7. The predicted octanol–water partition coefficient (Wildman–Crippen LogP) is 1.91. The van der Waals surface area contributed by atoms with Gasteiger partial charge in [-0.3, -0.25) is 9.69 Å². The fraction of sp³-hybridized carbons (Fsp3) is 0.214. The lowest BCUT2D eigenvalue weighted by Gasteiger charge is -2.31. The average Bonchev–Trinajstić information content (AvgIpc) is 3.24. The van der Waals surface area contributed by atoms with Gasteiger partial charge in [-0.25, -0.2) is 4.99 Å². The third-order valence-corrected chi connectivity index (χ3v) is 6.74. The summed E-state index contributed by atoms with van der Waals surface area (Å²) in [6.07, 6.45) is 0. The molecule has 2 heterocycles. The van der Waals surface area contributed by atoms with E-state index in [0.29, 0.717) is 45.6 Å². The van der Waals surface area contributed by atoms with Crippen molar-refractivity contribution in [2.24, 2.45) is 4.99 Å². The van der Waals surface area contributed by atoms with Gasteiger partial charge in [0.05, 0.1) is 23.5 Å². The number of nitrogens with one attached hydrogen (secondary N) is 2. The number of amides is 1. The maximum absolute atomic E-state index is 12.5. The fourth-order valence-corrected chi connectivity index (χ4v) is 4.62. The number of carbonyl (C=O) groups is 1. The van der Waals surface area contributed by atoms with Gasteiger partial charge >= 0.3 is 7.12 Å². The molecule has 1 aromatic heterocycles. The Morgan fingerprint density at radius 3 is 2.39 bits per heavy atom. The Balaban J connectivity index is 1.41. The second-order valence-electron chi connectivity index (χ2n) is 9.53. The van der Waals surface area contributed by atoms with Crippen LogP contribution in [0.25, 0.3) is 10.9 Å². The van der Waals surface area contributed by atoms with Crippen molar-refractivity contribution in [1.82, 2.24) is 14.8 Å². The number of aromatic amines is 1. The standard InChI is InChI=1S/C28H30BN5O4/c1-33-13-15-34(16-14-33)18-25(35)30-21-8-10-22(11-9-21)31-27(19-5-3-2-4-6-19)26-23-12-7-20(29(37)38)17-24(23)32-28(26)36/h2-12,17,32,36-38H,13-16,18H2,1H3,(H,30,35). The highest BCUT2D eigenvalue weighted by molar-refractivity contribution is 6.59. The van der Waals surface area contributed by atoms with Gasteiger partial charge < -0.3 is 30.4 Å². The summed E-state index contributed by atoms with van der Waals surface area (Å²) in [5, 5.41) is 33.6. The smallest absolute Gasteiger partial charge is 0.488 e. The van der Waals surface area contributed by atoms with E-state index in [2.05, 4.69) is 27.1 Å². The summed E-state index contributed by atoms with van der Waals surface area (Å²) in [5.74, 6) is -0.119. The number of aromatic nitrogens is 1. The average molecular weight is 511 g/mol. The number of fused-ring (bicyclic) bond motifs is 1. The molecular weight excluding hydrogens is 481 g/mol. The van der Waals surface area contributed by atoms with E-state index in [1.165, 1.54) is 0 Å². The van der Waals surface area contributed by atoms with Crippen LogP contribution >= 0.6 is 0 Å². The predicted molar refractivity (Wildman–Crippen MR) is 151 cm³/mol. The molecule has 0 bridgehead atoms. The minimum Gasteiger partial charge on any atom is -0.494 e. The Hall–Kier alpha value is -3.96. The molecule has 9 nitrogen and oxygen atoms in total. The first-order valence-electron chi connectivity index (χ1n) is 12.5. The second-order valence-corrected chi connectivity index (χ2v) is 9.53. The molecule has 0 aliphatic carbocycles. The quantitative estimate of drug-likeness (QED) is 0.191. The number of aliphatic imine (C=N–C) groups is 1. The van der Waals surface area contributed by atoms with Gasteiger partial charge in [-0.05, 0) is 42.8 Å². The molecule has 0 saturated carbocycles. The van der Waals surface area contributed by atoms with Crippen LogP contribution in [-0.4, -0.2) is 88.4 Å². The van der Waals surface area contributed by atoms with Crippen molar-refractivity contribution in [3.05, 3.63) is 83.9 Å². The number of anilines is 1. The molecular formula is C28H30BN5O4. The Bertz CT molecular complexity index is 1450. The summed E-state index contributed by atoms with van der Waals surface area (Å²) < 4.78 is 0. The molecule has 4 aromatic rings. The van der Waals surface area contributed by atoms with Gasteiger partial charge in [-0.2, -0.15) is 0 Å². The fourth-order valence-electron chi connectivity index (χ4n) is 4.62. The lowest BCUT2D eigenvalue weighted by Crippen LogP contribution is -2.47. The highest BCUT2D eigenvalue weighted by Gasteiger charge is 2.21. The van der Waals surface area contributed by atoms with Crippen molar-refractivity contribution >= 4 is 46.5 Å². The summed E-state index contributed by atoms with van der Waals surface area (Å²) in [6.45, 7) is 4.03. The highest BCUT2D eigenvalue weighted by atomic mass is 16.4. The number of hydrogen-bond donors (Lipinski definition) is 5. The number of piperazine rings is 1. The van der Waals surface area contributed by atoms with E-state index in [0.717, 1.165) is 31.7 Å². The van der Waals surface area contributed by atoms with Crippen LogP contribution in [0.4, 0.5) is 11.4 Å². The van der Waals surface area contributed by atoms with Gasteiger partial charge in [0.15, 0.2) is 5.88 Å². The molecule has 0 unspecified atom stereocenters. The van der Waals surface area contributed by atoms with E-state index < -0.39 is 7.12 Å². The Labute approximate surface area is 221 Å². The first-order valence-corrected chi connectivity index (χ1v) is 12.5. The Kier molecular flexibility index (Phi) is 7.57. The number of benzene rings is 3. The van der Waals surface area contributed by atoms with Crippen LogP contribution in [0.2, 0.25) is 0 Å². The summed E-state index contributed by atoms with van der Waals surface area (Å²) in [4.78, 5) is 24.7. The van der Waals surface area contributed by atoms with Gasteiger partial charge in [0.25, 0.3) is 0 Å². The summed E-state index contributed by atoms with van der Waals surface area (Å²) >= 11 is 0. The highest BCUT2D eigenvalue weighted by Crippen LogP contribution is 2.31. The summed E-state index contributed by atoms with van der Waals surface area (Å²) in [5.41, 5.74) is 4.08. The number of rotatable bonds is 7. The summed E-state index contributed by atoms with van der Waals surface area (Å²) in [6, 6.07) is 21.7. The minimum atomic E-state index is -1.61.